The van der Waals surface area contributed by atoms with Crippen molar-refractivity contribution in [2.75, 3.05) is 19.7 Å². The first-order valence-electron chi connectivity index (χ1n) is 16.2. The van der Waals surface area contributed by atoms with Crippen LogP contribution in [0.2, 0.25) is 0 Å². The van der Waals surface area contributed by atoms with Crippen molar-refractivity contribution in [2.24, 2.45) is 11.5 Å². The number of ether oxygens (including phenoxy) is 3. The molecule has 0 bridgehead atoms. The van der Waals surface area contributed by atoms with Gasteiger partial charge in [0.2, 0.25) is 30.0 Å². The van der Waals surface area contributed by atoms with Crippen LogP contribution in [-0.2, 0) is 47.8 Å². The summed E-state index contributed by atoms with van der Waals surface area (Å²) in [4.78, 5) is 85.4. The molecule has 1 unspecified atom stereocenters. The second kappa shape index (κ2) is 21.9. The van der Waals surface area contributed by atoms with Gasteiger partial charge in [-0.25, -0.2) is 4.79 Å². The highest BCUT2D eigenvalue weighted by Gasteiger charge is 2.47. The Morgan fingerprint density at radius 2 is 1.73 bits per heavy atom. The number of primary amides is 1. The van der Waals surface area contributed by atoms with Crippen LogP contribution >= 0.6 is 0 Å². The van der Waals surface area contributed by atoms with Crippen molar-refractivity contribution < 1.29 is 63.1 Å². The number of carboxylic acids is 1. The number of hydrogen-bond donors (Lipinski definition) is 8. The second-order valence-electron chi connectivity index (χ2n) is 11.9. The summed E-state index contributed by atoms with van der Waals surface area (Å²) in [5.74, 6) is -4.86. The van der Waals surface area contributed by atoms with Crippen LogP contribution in [0.5, 0.6) is 0 Å². The Hall–Kier alpha value is -3.91. The number of aliphatic carboxylic acids is 1. The number of unbranched alkanes of at least 4 members (excludes halogenated alkanes) is 1. The molecule has 9 atom stereocenters. The van der Waals surface area contributed by atoms with Crippen LogP contribution in [0, 0.1) is 0 Å². The maximum atomic E-state index is 13.2. The maximum Gasteiger partial charge on any atom is 0.326 e. The van der Waals surface area contributed by atoms with E-state index in [1.165, 1.54) is 20.8 Å². The van der Waals surface area contributed by atoms with E-state index >= 15 is 0 Å². The largest absolute Gasteiger partial charge is 0.480 e. The van der Waals surface area contributed by atoms with E-state index in [9.17, 15) is 48.9 Å². The van der Waals surface area contributed by atoms with Gasteiger partial charge in [-0.15, -0.1) is 0 Å². The average molecular weight is 705 g/mol. The fraction of sp³-hybridized carbons (Fsp3) is 0.767. The summed E-state index contributed by atoms with van der Waals surface area (Å²) < 4.78 is 16.6. The molecule has 1 fully saturated rings. The number of hydrogen-bond acceptors (Lipinski definition) is 13. The zero-order chi connectivity index (χ0) is 37.3. The molecule has 5 amide bonds. The molecule has 1 aliphatic heterocycles. The van der Waals surface area contributed by atoms with Gasteiger partial charge in [-0.3, -0.25) is 28.8 Å². The summed E-state index contributed by atoms with van der Waals surface area (Å²) in [6.45, 7) is 5.33. The lowest BCUT2D eigenvalue weighted by Gasteiger charge is -2.44. The first-order chi connectivity index (χ1) is 23.0. The number of nitrogens with two attached hydrogens (primary N) is 2. The third kappa shape index (κ3) is 15.0. The van der Waals surface area contributed by atoms with Crippen molar-refractivity contribution in [1.29, 1.82) is 0 Å². The number of nitrogens with zero attached hydrogens (tertiary/aromatic N) is 1. The lowest BCUT2D eigenvalue weighted by Crippen LogP contribution is -2.65. The standard InChI is InChI=1S/C30H52N6O13/c1-5-8-23(40)47-14-21-25(41)26(24(30(46)49-21)34-18(4)38)48-16(2)13-36(28(43)17(3)31)20(27(32)42)10-11-22(39)35-19(29(44)45)9-6-7-12-33-15-37/h15-17,19-21,24-26,30,41,46H,5-14,31H2,1-4H3,(H2,32,42)(H,33,37)(H,34,38)(H,35,39)(H,44,45)/t16?,17-,19-,20+,21+,24+,25+,26+,30-/m0/s1. The predicted octanol–water partition coefficient (Wildman–Crippen LogP) is -3.02. The molecule has 19 heteroatoms. The molecular weight excluding hydrogens is 652 g/mol. The van der Waals surface area contributed by atoms with Gasteiger partial charge in [0.25, 0.3) is 0 Å². The van der Waals surface area contributed by atoms with E-state index in [2.05, 4.69) is 16.0 Å². The van der Waals surface area contributed by atoms with Gasteiger partial charge in [0.15, 0.2) is 6.29 Å². The summed E-state index contributed by atoms with van der Waals surface area (Å²) in [6.07, 6.45) is -5.46. The van der Waals surface area contributed by atoms with E-state index in [0.717, 1.165) is 4.90 Å². The van der Waals surface area contributed by atoms with Crippen molar-refractivity contribution in [2.45, 2.75) is 128 Å². The van der Waals surface area contributed by atoms with E-state index in [4.69, 9.17) is 25.7 Å². The fourth-order valence-corrected chi connectivity index (χ4v) is 5.17. The summed E-state index contributed by atoms with van der Waals surface area (Å²) in [5.41, 5.74) is 11.5. The number of aliphatic hydroxyl groups is 2. The van der Waals surface area contributed by atoms with Gasteiger partial charge in [-0.05, 0) is 46.0 Å². The Balaban J connectivity index is 3.12. The number of esters is 1. The van der Waals surface area contributed by atoms with Crippen LogP contribution in [-0.4, -0.2) is 137 Å². The minimum atomic E-state index is -1.69. The average Bonchev–Trinajstić information content (AvgIpc) is 3.01. The minimum absolute atomic E-state index is 0.0826. The number of carbonyl (C=O) groups is 7. The number of amides is 5. The zero-order valence-electron chi connectivity index (χ0n) is 28.4. The molecule has 1 rings (SSSR count). The third-order valence-corrected chi connectivity index (χ3v) is 7.57. The maximum absolute atomic E-state index is 13.2. The molecule has 1 aliphatic rings. The number of carboxylic acid groups (broad SMARTS) is 1. The lowest BCUT2D eigenvalue weighted by atomic mass is 9.96. The van der Waals surface area contributed by atoms with Gasteiger partial charge >= 0.3 is 11.9 Å². The lowest BCUT2D eigenvalue weighted by molar-refractivity contribution is -0.269. The zero-order valence-corrected chi connectivity index (χ0v) is 28.4. The second-order valence-corrected chi connectivity index (χ2v) is 11.9. The summed E-state index contributed by atoms with van der Waals surface area (Å²) in [6, 6.07) is -5.05. The number of nitrogens with one attached hydrogen (secondary N) is 3. The monoisotopic (exact) mass is 704 g/mol. The van der Waals surface area contributed by atoms with Crippen LogP contribution in [0.3, 0.4) is 0 Å². The Kier molecular flexibility index (Phi) is 19.3. The van der Waals surface area contributed by atoms with E-state index < -0.39 is 103 Å². The van der Waals surface area contributed by atoms with Crippen LogP contribution in [0.15, 0.2) is 0 Å². The van der Waals surface area contributed by atoms with Gasteiger partial charge in [0.05, 0.1) is 12.1 Å². The van der Waals surface area contributed by atoms with Gasteiger partial charge < -0.3 is 61.8 Å². The van der Waals surface area contributed by atoms with E-state index in [1.807, 2.05) is 0 Å². The highest BCUT2D eigenvalue weighted by Crippen LogP contribution is 2.25. The molecule has 0 aliphatic carbocycles. The molecule has 0 aromatic carbocycles. The molecule has 1 saturated heterocycles. The first-order valence-corrected chi connectivity index (χ1v) is 16.2. The van der Waals surface area contributed by atoms with Crippen LogP contribution < -0.4 is 27.4 Å². The van der Waals surface area contributed by atoms with Crippen LogP contribution in [0.4, 0.5) is 0 Å². The topological polar surface area (TPSA) is 299 Å². The molecule has 0 aromatic heterocycles. The molecule has 280 valence electrons. The van der Waals surface area contributed by atoms with Gasteiger partial charge in [0.1, 0.15) is 43.0 Å². The molecule has 0 spiro atoms. The molecule has 0 saturated carbocycles. The number of carbonyl (C=O) groups excluding carboxylic acids is 6. The molecule has 49 heavy (non-hydrogen) atoms. The quantitative estimate of drug-likeness (QED) is 0.0298. The molecule has 19 nitrogen and oxygen atoms in total. The van der Waals surface area contributed by atoms with Crippen molar-refractivity contribution >= 4 is 42.0 Å². The smallest absolute Gasteiger partial charge is 0.326 e. The van der Waals surface area contributed by atoms with E-state index in [1.54, 1.807) is 6.92 Å². The van der Waals surface area contributed by atoms with E-state index in [0.29, 0.717) is 32.2 Å². The highest BCUT2D eigenvalue weighted by atomic mass is 16.6. The SMILES string of the molecule is CCCC(=O)OC[C@H]1O[C@H](O)[C@H](NC(C)=O)[C@@H](OC(C)CN(C(=O)[C@H](C)N)[C@H](CCC(=O)N[C@@H](CCCCNC=O)C(=O)O)C(N)=O)[C@@H]1O. The third-order valence-electron chi connectivity index (χ3n) is 7.57. The number of aliphatic hydroxyl groups excluding tert-OH is 2. The Morgan fingerprint density at radius 3 is 2.29 bits per heavy atom. The molecule has 0 aromatic rings. The Morgan fingerprint density at radius 1 is 1.06 bits per heavy atom. The minimum Gasteiger partial charge on any atom is -0.480 e. The Labute approximate surface area is 284 Å². The normalized spacial score (nSPS) is 22.8. The summed E-state index contributed by atoms with van der Waals surface area (Å²) in [7, 11) is 0. The Bertz CT molecular complexity index is 1130. The molecule has 10 N–H and O–H groups in total. The fourth-order valence-electron chi connectivity index (χ4n) is 5.17. The number of rotatable bonds is 23. The summed E-state index contributed by atoms with van der Waals surface area (Å²) in [5, 5.41) is 38.6. The predicted molar refractivity (Wildman–Crippen MR) is 170 cm³/mol. The van der Waals surface area contributed by atoms with Crippen LogP contribution in [0.1, 0.15) is 72.6 Å². The van der Waals surface area contributed by atoms with Crippen molar-refractivity contribution in [3.63, 3.8) is 0 Å². The summed E-state index contributed by atoms with van der Waals surface area (Å²) >= 11 is 0. The highest BCUT2D eigenvalue weighted by molar-refractivity contribution is 5.89. The molecule has 1 heterocycles. The first kappa shape index (κ1) is 43.1. The van der Waals surface area contributed by atoms with Gasteiger partial charge in [0, 0.05) is 32.9 Å². The van der Waals surface area contributed by atoms with Gasteiger partial charge in [-0.1, -0.05) is 6.92 Å². The molecule has 0 radical (unpaired) electrons. The van der Waals surface area contributed by atoms with E-state index in [-0.39, 0.29) is 25.8 Å². The van der Waals surface area contributed by atoms with Crippen LogP contribution in [0.25, 0.3) is 0 Å². The molecular formula is C30H52N6O13. The van der Waals surface area contributed by atoms with Crippen molar-refractivity contribution in [1.82, 2.24) is 20.9 Å². The van der Waals surface area contributed by atoms with Crippen molar-refractivity contribution in [3.8, 4) is 0 Å². The van der Waals surface area contributed by atoms with Crippen molar-refractivity contribution in [3.05, 3.63) is 0 Å². The van der Waals surface area contributed by atoms with Gasteiger partial charge in [-0.2, -0.15) is 0 Å².